The molecular weight excluding hydrogens is 247 g/mol. The lowest BCUT2D eigenvalue weighted by Gasteiger charge is -2.24. The van der Waals surface area contributed by atoms with Crippen LogP contribution in [0.3, 0.4) is 0 Å². The van der Waals surface area contributed by atoms with E-state index < -0.39 is 17.8 Å². The molecule has 5 heteroatoms. The number of benzene rings is 1. The molecule has 1 aromatic rings. The summed E-state index contributed by atoms with van der Waals surface area (Å²) in [7, 11) is 3.24. The summed E-state index contributed by atoms with van der Waals surface area (Å²) < 4.78 is 13.5. The van der Waals surface area contributed by atoms with Crippen LogP contribution in [-0.4, -0.2) is 36.9 Å². The van der Waals surface area contributed by atoms with Gasteiger partial charge in [0.2, 0.25) is 5.91 Å². The first-order valence-electron chi connectivity index (χ1n) is 6.11. The number of carbonyl (C=O) groups is 2. The zero-order valence-corrected chi connectivity index (χ0v) is 11.6. The van der Waals surface area contributed by atoms with Crippen molar-refractivity contribution >= 4 is 11.8 Å². The van der Waals surface area contributed by atoms with Gasteiger partial charge in [0.1, 0.15) is 11.9 Å². The maximum Gasteiger partial charge on any atom is 0.254 e. The van der Waals surface area contributed by atoms with Gasteiger partial charge in [0.15, 0.2) is 0 Å². The second-order valence-electron chi connectivity index (χ2n) is 4.91. The van der Waals surface area contributed by atoms with Crippen molar-refractivity contribution in [2.75, 3.05) is 14.1 Å². The fourth-order valence-corrected chi connectivity index (χ4v) is 1.66. The Hall–Kier alpha value is -1.91. The van der Waals surface area contributed by atoms with Gasteiger partial charge in [0.05, 0.1) is 5.56 Å². The first kappa shape index (κ1) is 15.1. The molecule has 0 radical (unpaired) electrons. The highest BCUT2D eigenvalue weighted by molar-refractivity contribution is 5.97. The van der Waals surface area contributed by atoms with Gasteiger partial charge in [-0.3, -0.25) is 9.59 Å². The van der Waals surface area contributed by atoms with Crippen molar-refractivity contribution in [2.24, 2.45) is 5.92 Å². The molecule has 0 spiro atoms. The molecule has 1 N–H and O–H groups in total. The van der Waals surface area contributed by atoms with Gasteiger partial charge < -0.3 is 10.2 Å². The number of likely N-dealkylation sites (N-methyl/N-ethyl adjacent to an activating group) is 1. The maximum absolute atomic E-state index is 13.5. The Labute approximate surface area is 112 Å². The normalized spacial score (nSPS) is 12.1. The van der Waals surface area contributed by atoms with Gasteiger partial charge in [-0.05, 0) is 18.1 Å². The molecule has 0 fully saturated rings. The largest absolute Gasteiger partial charge is 0.347 e. The molecule has 4 nitrogen and oxygen atoms in total. The molecular formula is C14H19FN2O2. The minimum Gasteiger partial charge on any atom is -0.347 e. The van der Waals surface area contributed by atoms with E-state index in [1.807, 2.05) is 13.8 Å². The van der Waals surface area contributed by atoms with E-state index in [0.29, 0.717) is 0 Å². The van der Waals surface area contributed by atoms with Gasteiger partial charge in [-0.2, -0.15) is 0 Å². The van der Waals surface area contributed by atoms with E-state index in [2.05, 4.69) is 5.32 Å². The van der Waals surface area contributed by atoms with Crippen LogP contribution < -0.4 is 5.32 Å². The Bertz CT molecular complexity index is 472. The van der Waals surface area contributed by atoms with Gasteiger partial charge in [-0.25, -0.2) is 4.39 Å². The van der Waals surface area contributed by atoms with Crippen molar-refractivity contribution in [3.05, 3.63) is 35.6 Å². The van der Waals surface area contributed by atoms with E-state index in [9.17, 15) is 14.0 Å². The highest BCUT2D eigenvalue weighted by Crippen LogP contribution is 2.09. The number of amides is 2. The van der Waals surface area contributed by atoms with Crippen LogP contribution in [0.4, 0.5) is 4.39 Å². The second-order valence-corrected chi connectivity index (χ2v) is 4.91. The molecule has 0 heterocycles. The predicted molar refractivity (Wildman–Crippen MR) is 71.2 cm³/mol. The monoisotopic (exact) mass is 266 g/mol. The van der Waals surface area contributed by atoms with Crippen LogP contribution in [0.15, 0.2) is 24.3 Å². The van der Waals surface area contributed by atoms with E-state index in [0.717, 1.165) is 0 Å². The highest BCUT2D eigenvalue weighted by atomic mass is 19.1. The smallest absolute Gasteiger partial charge is 0.254 e. The van der Waals surface area contributed by atoms with E-state index in [1.54, 1.807) is 20.2 Å². The van der Waals surface area contributed by atoms with Crippen LogP contribution >= 0.6 is 0 Å². The first-order valence-corrected chi connectivity index (χ1v) is 6.11. The summed E-state index contributed by atoms with van der Waals surface area (Å²) >= 11 is 0. The van der Waals surface area contributed by atoms with Crippen LogP contribution in [-0.2, 0) is 4.79 Å². The molecule has 0 aromatic heterocycles. The molecule has 19 heavy (non-hydrogen) atoms. The number of halogens is 1. The molecule has 104 valence electrons. The second kappa shape index (κ2) is 6.31. The maximum atomic E-state index is 13.5. The fourth-order valence-electron chi connectivity index (χ4n) is 1.66. The zero-order chi connectivity index (χ0) is 14.6. The Balaban J connectivity index is 2.89. The molecule has 0 bridgehead atoms. The SMILES string of the molecule is CC(C)C(NC(=O)c1ccccc1F)C(=O)N(C)C. The van der Waals surface area contributed by atoms with Crippen LogP contribution in [0.5, 0.6) is 0 Å². The summed E-state index contributed by atoms with van der Waals surface area (Å²) in [4.78, 5) is 25.3. The minimum absolute atomic E-state index is 0.0558. The van der Waals surface area contributed by atoms with Crippen LogP contribution in [0.25, 0.3) is 0 Å². The number of carbonyl (C=O) groups excluding carboxylic acids is 2. The molecule has 0 aliphatic rings. The Morgan fingerprint density at radius 1 is 1.21 bits per heavy atom. The van der Waals surface area contributed by atoms with Gasteiger partial charge in [0, 0.05) is 14.1 Å². The van der Waals surface area contributed by atoms with E-state index in [-0.39, 0.29) is 17.4 Å². The molecule has 1 rings (SSSR count). The lowest BCUT2D eigenvalue weighted by atomic mass is 10.0. The minimum atomic E-state index is -0.665. The average molecular weight is 266 g/mol. The summed E-state index contributed by atoms with van der Waals surface area (Å²) in [6, 6.07) is 5.03. The summed E-state index contributed by atoms with van der Waals surface area (Å²) in [5, 5.41) is 2.58. The fraction of sp³-hybridized carbons (Fsp3) is 0.429. The number of rotatable bonds is 4. The third-order valence-electron chi connectivity index (χ3n) is 2.78. The highest BCUT2D eigenvalue weighted by Gasteiger charge is 2.26. The quantitative estimate of drug-likeness (QED) is 0.901. The lowest BCUT2D eigenvalue weighted by Crippen LogP contribution is -2.49. The summed E-state index contributed by atoms with van der Waals surface area (Å²) in [6.07, 6.45) is 0. The van der Waals surface area contributed by atoms with Crippen molar-refractivity contribution in [3.8, 4) is 0 Å². The molecule has 1 atom stereocenters. The zero-order valence-electron chi connectivity index (χ0n) is 11.6. The Morgan fingerprint density at radius 2 is 1.79 bits per heavy atom. The topological polar surface area (TPSA) is 49.4 Å². The molecule has 1 unspecified atom stereocenters. The molecule has 1 aromatic carbocycles. The summed E-state index contributed by atoms with van der Waals surface area (Å²) in [6.45, 7) is 3.65. The van der Waals surface area contributed by atoms with E-state index in [4.69, 9.17) is 0 Å². The molecule has 2 amide bonds. The van der Waals surface area contributed by atoms with Gasteiger partial charge >= 0.3 is 0 Å². The number of hydrogen-bond acceptors (Lipinski definition) is 2. The molecule has 0 saturated carbocycles. The number of nitrogens with one attached hydrogen (secondary N) is 1. The summed E-state index contributed by atoms with van der Waals surface area (Å²) in [5.41, 5.74) is -0.0558. The first-order chi connectivity index (χ1) is 8.84. The predicted octanol–water partition coefficient (Wildman–Crippen LogP) is 1.67. The lowest BCUT2D eigenvalue weighted by molar-refractivity contribution is -0.131. The summed E-state index contributed by atoms with van der Waals surface area (Å²) in [5.74, 6) is -1.46. The average Bonchev–Trinajstić information content (AvgIpc) is 2.34. The Morgan fingerprint density at radius 3 is 2.26 bits per heavy atom. The number of hydrogen-bond donors (Lipinski definition) is 1. The van der Waals surface area contributed by atoms with Crippen molar-refractivity contribution < 1.29 is 14.0 Å². The van der Waals surface area contributed by atoms with Gasteiger partial charge in [-0.1, -0.05) is 26.0 Å². The molecule has 0 aliphatic heterocycles. The van der Waals surface area contributed by atoms with Crippen molar-refractivity contribution in [1.29, 1.82) is 0 Å². The van der Waals surface area contributed by atoms with Gasteiger partial charge in [-0.15, -0.1) is 0 Å². The number of nitrogens with zero attached hydrogens (tertiary/aromatic N) is 1. The van der Waals surface area contributed by atoms with Crippen LogP contribution in [0.2, 0.25) is 0 Å². The third-order valence-corrected chi connectivity index (χ3v) is 2.78. The standard InChI is InChI=1S/C14H19FN2O2/c1-9(2)12(14(19)17(3)4)16-13(18)10-7-5-6-8-11(10)15/h5-9,12H,1-4H3,(H,16,18). The van der Waals surface area contributed by atoms with Crippen molar-refractivity contribution in [3.63, 3.8) is 0 Å². The van der Waals surface area contributed by atoms with Crippen molar-refractivity contribution in [1.82, 2.24) is 10.2 Å². The van der Waals surface area contributed by atoms with E-state index in [1.165, 1.54) is 23.1 Å². The Kier molecular flexibility index (Phi) is 5.03. The van der Waals surface area contributed by atoms with Crippen LogP contribution in [0.1, 0.15) is 24.2 Å². The molecule has 0 aliphatic carbocycles. The van der Waals surface area contributed by atoms with Crippen molar-refractivity contribution in [2.45, 2.75) is 19.9 Å². The van der Waals surface area contributed by atoms with Crippen LogP contribution in [0, 0.1) is 11.7 Å². The van der Waals surface area contributed by atoms with E-state index >= 15 is 0 Å². The molecule has 0 saturated heterocycles. The van der Waals surface area contributed by atoms with Gasteiger partial charge in [0.25, 0.3) is 5.91 Å². The third kappa shape index (κ3) is 3.77.